The van der Waals surface area contributed by atoms with E-state index in [1.807, 2.05) is 4.90 Å². The van der Waals surface area contributed by atoms with E-state index in [0.29, 0.717) is 49.5 Å². The van der Waals surface area contributed by atoms with Gasteiger partial charge in [0.1, 0.15) is 5.82 Å². The number of carbonyl (C=O) groups excluding carboxylic acids is 1. The summed E-state index contributed by atoms with van der Waals surface area (Å²) in [6.07, 6.45) is 0. The van der Waals surface area contributed by atoms with Gasteiger partial charge in [-0.1, -0.05) is 29.8 Å². The van der Waals surface area contributed by atoms with E-state index in [2.05, 4.69) is 41.4 Å². The van der Waals surface area contributed by atoms with E-state index in [1.54, 1.807) is 12.1 Å². The summed E-state index contributed by atoms with van der Waals surface area (Å²) in [5.41, 5.74) is 3.70. The van der Waals surface area contributed by atoms with Crippen molar-refractivity contribution >= 4 is 17.3 Å². The predicted octanol–water partition coefficient (Wildman–Crippen LogP) is 3.29. The molecule has 3 aliphatic rings. The normalized spacial score (nSPS) is 25.8. The second-order valence-electron chi connectivity index (χ2n) is 8.79. The first-order valence-corrected chi connectivity index (χ1v) is 10.8. The number of rotatable bonds is 5. The molecular formula is C24H28FN3O2. The summed E-state index contributed by atoms with van der Waals surface area (Å²) in [5.74, 6) is 0.635. The number of aryl methyl sites for hydroxylation is 1. The fourth-order valence-electron chi connectivity index (χ4n) is 4.95. The summed E-state index contributed by atoms with van der Waals surface area (Å²) >= 11 is 0. The van der Waals surface area contributed by atoms with Gasteiger partial charge >= 0.3 is 0 Å². The first-order chi connectivity index (χ1) is 14.6. The number of nitrogens with one attached hydrogen (secondary N) is 1. The van der Waals surface area contributed by atoms with Crippen LogP contribution in [0.15, 0.2) is 42.5 Å². The molecule has 1 aliphatic carbocycles. The second kappa shape index (κ2) is 8.00. The number of fused-ring (bicyclic) bond motifs is 1. The average molecular weight is 410 g/mol. The van der Waals surface area contributed by atoms with Crippen LogP contribution in [0.5, 0.6) is 0 Å². The number of carbonyl (C=O) groups is 1. The van der Waals surface area contributed by atoms with Crippen molar-refractivity contribution in [2.75, 3.05) is 49.6 Å². The Labute approximate surface area is 176 Å². The Bertz CT molecular complexity index is 915. The molecule has 0 bridgehead atoms. The van der Waals surface area contributed by atoms with E-state index in [-0.39, 0.29) is 17.6 Å². The lowest BCUT2D eigenvalue weighted by molar-refractivity contribution is -0.118. The minimum Gasteiger partial charge on any atom is -0.378 e. The Morgan fingerprint density at radius 2 is 1.80 bits per heavy atom. The number of morpholine rings is 1. The maximum absolute atomic E-state index is 14.6. The summed E-state index contributed by atoms with van der Waals surface area (Å²) in [6.45, 7) is 7.56. The Hall–Kier alpha value is -2.44. The zero-order chi connectivity index (χ0) is 20.7. The van der Waals surface area contributed by atoms with E-state index >= 15 is 0 Å². The van der Waals surface area contributed by atoms with Gasteiger partial charge in [0.25, 0.3) is 0 Å². The maximum atomic E-state index is 14.6. The molecule has 2 aromatic rings. The SMILES string of the molecule is Cc1ccc(CN2CC3C(C2)C3C(=O)Nc2ccc(N3CCOCC3)c(F)c2)cc1. The van der Waals surface area contributed by atoms with Gasteiger partial charge in [-0.15, -0.1) is 0 Å². The van der Waals surface area contributed by atoms with Gasteiger partial charge in [0.05, 0.1) is 18.9 Å². The molecule has 0 spiro atoms. The quantitative estimate of drug-likeness (QED) is 0.823. The van der Waals surface area contributed by atoms with Gasteiger partial charge in [0.15, 0.2) is 0 Å². The first-order valence-electron chi connectivity index (χ1n) is 10.8. The molecule has 158 valence electrons. The molecule has 1 N–H and O–H groups in total. The smallest absolute Gasteiger partial charge is 0.228 e. The largest absolute Gasteiger partial charge is 0.378 e. The topological polar surface area (TPSA) is 44.8 Å². The highest BCUT2D eigenvalue weighted by Gasteiger charge is 2.59. The first kappa shape index (κ1) is 19.5. The minimum atomic E-state index is -0.296. The molecule has 30 heavy (non-hydrogen) atoms. The number of hydrogen-bond acceptors (Lipinski definition) is 4. The molecule has 1 amide bonds. The van der Waals surface area contributed by atoms with Crippen molar-refractivity contribution in [3.8, 4) is 0 Å². The molecule has 5 nitrogen and oxygen atoms in total. The molecule has 3 fully saturated rings. The lowest BCUT2D eigenvalue weighted by Crippen LogP contribution is -2.36. The van der Waals surface area contributed by atoms with E-state index in [9.17, 15) is 9.18 Å². The third kappa shape index (κ3) is 3.94. The number of anilines is 2. The Balaban J connectivity index is 1.14. The number of piperidine rings is 1. The number of nitrogens with zero attached hydrogens (tertiary/aromatic N) is 2. The minimum absolute atomic E-state index is 0.0264. The highest BCUT2D eigenvalue weighted by molar-refractivity contribution is 5.95. The molecule has 5 rings (SSSR count). The molecule has 2 aliphatic heterocycles. The lowest BCUT2D eigenvalue weighted by Gasteiger charge is -2.29. The van der Waals surface area contributed by atoms with Crippen LogP contribution in [-0.4, -0.2) is 50.2 Å². The van der Waals surface area contributed by atoms with Crippen LogP contribution in [0.4, 0.5) is 15.8 Å². The van der Waals surface area contributed by atoms with Crippen molar-refractivity contribution < 1.29 is 13.9 Å². The Morgan fingerprint density at radius 3 is 2.47 bits per heavy atom. The molecule has 2 heterocycles. The third-order valence-electron chi connectivity index (χ3n) is 6.67. The van der Waals surface area contributed by atoms with Crippen LogP contribution >= 0.6 is 0 Å². The summed E-state index contributed by atoms with van der Waals surface area (Å²) in [4.78, 5) is 17.1. The molecule has 6 heteroatoms. The summed E-state index contributed by atoms with van der Waals surface area (Å²) in [6, 6.07) is 13.6. The van der Waals surface area contributed by atoms with Gasteiger partial charge in [0, 0.05) is 44.3 Å². The van der Waals surface area contributed by atoms with Crippen LogP contribution in [-0.2, 0) is 16.1 Å². The second-order valence-corrected chi connectivity index (χ2v) is 8.79. The van der Waals surface area contributed by atoms with Crippen LogP contribution in [0.2, 0.25) is 0 Å². The van der Waals surface area contributed by atoms with Gasteiger partial charge in [-0.05, 0) is 42.5 Å². The summed E-state index contributed by atoms with van der Waals surface area (Å²) < 4.78 is 19.9. The van der Waals surface area contributed by atoms with Crippen LogP contribution < -0.4 is 10.2 Å². The van der Waals surface area contributed by atoms with Crippen molar-refractivity contribution in [3.05, 3.63) is 59.4 Å². The van der Waals surface area contributed by atoms with Crippen molar-refractivity contribution in [1.82, 2.24) is 4.90 Å². The van der Waals surface area contributed by atoms with Gasteiger partial charge in [0.2, 0.25) is 5.91 Å². The number of benzene rings is 2. The zero-order valence-electron chi connectivity index (χ0n) is 17.3. The fraction of sp³-hybridized carbons (Fsp3) is 0.458. The molecular weight excluding hydrogens is 381 g/mol. The van der Waals surface area contributed by atoms with Crippen molar-refractivity contribution in [1.29, 1.82) is 0 Å². The molecule has 1 saturated carbocycles. The number of halogens is 1. The average Bonchev–Trinajstić information content (AvgIpc) is 3.26. The summed E-state index contributed by atoms with van der Waals surface area (Å²) in [5, 5.41) is 2.93. The van der Waals surface area contributed by atoms with Crippen LogP contribution in [0.25, 0.3) is 0 Å². The summed E-state index contributed by atoms with van der Waals surface area (Å²) in [7, 11) is 0. The molecule has 2 unspecified atom stereocenters. The molecule has 0 radical (unpaired) electrons. The number of amides is 1. The molecule has 0 aromatic heterocycles. The van der Waals surface area contributed by atoms with Gasteiger partial charge < -0.3 is 15.0 Å². The lowest BCUT2D eigenvalue weighted by atomic mass is 10.1. The highest BCUT2D eigenvalue weighted by Crippen LogP contribution is 2.52. The van der Waals surface area contributed by atoms with E-state index < -0.39 is 0 Å². The fourth-order valence-corrected chi connectivity index (χ4v) is 4.95. The number of hydrogen-bond donors (Lipinski definition) is 1. The van der Waals surface area contributed by atoms with Crippen LogP contribution in [0.1, 0.15) is 11.1 Å². The van der Waals surface area contributed by atoms with Crippen molar-refractivity contribution in [3.63, 3.8) is 0 Å². The van der Waals surface area contributed by atoms with E-state index in [1.165, 1.54) is 17.2 Å². The predicted molar refractivity (Wildman–Crippen MR) is 115 cm³/mol. The van der Waals surface area contributed by atoms with Crippen LogP contribution in [0, 0.1) is 30.5 Å². The van der Waals surface area contributed by atoms with Crippen LogP contribution in [0.3, 0.4) is 0 Å². The van der Waals surface area contributed by atoms with E-state index in [4.69, 9.17) is 4.74 Å². The standard InChI is InChI=1S/C24H28FN3O2/c1-16-2-4-17(5-3-16)13-27-14-19-20(15-27)23(19)24(29)26-18-6-7-22(21(25)12-18)28-8-10-30-11-9-28/h2-7,12,19-20,23H,8-11,13-15H2,1H3,(H,26,29). The number of likely N-dealkylation sites (tertiary alicyclic amines) is 1. The molecule has 2 aromatic carbocycles. The monoisotopic (exact) mass is 409 g/mol. The van der Waals surface area contributed by atoms with Crippen molar-refractivity contribution in [2.24, 2.45) is 17.8 Å². The Morgan fingerprint density at radius 1 is 1.10 bits per heavy atom. The van der Waals surface area contributed by atoms with E-state index in [0.717, 1.165) is 19.6 Å². The number of ether oxygens (including phenoxy) is 1. The molecule has 2 atom stereocenters. The zero-order valence-corrected chi connectivity index (χ0v) is 17.3. The maximum Gasteiger partial charge on any atom is 0.228 e. The third-order valence-corrected chi connectivity index (χ3v) is 6.67. The van der Waals surface area contributed by atoms with Gasteiger partial charge in [-0.2, -0.15) is 0 Å². The van der Waals surface area contributed by atoms with Gasteiger partial charge in [-0.25, -0.2) is 4.39 Å². The van der Waals surface area contributed by atoms with Crippen molar-refractivity contribution in [2.45, 2.75) is 13.5 Å². The molecule has 2 saturated heterocycles. The Kier molecular flexibility index (Phi) is 5.21. The van der Waals surface area contributed by atoms with Gasteiger partial charge in [-0.3, -0.25) is 9.69 Å². The highest BCUT2D eigenvalue weighted by atomic mass is 19.1.